The van der Waals surface area contributed by atoms with Crippen molar-refractivity contribution in [3.8, 4) is 11.5 Å². The van der Waals surface area contributed by atoms with E-state index < -0.39 is 5.97 Å². The Morgan fingerprint density at radius 1 is 1.27 bits per heavy atom. The van der Waals surface area contributed by atoms with E-state index in [1.54, 1.807) is 25.2 Å². The molecule has 1 rings (SSSR count). The molecular formula is C16H23NO5. The zero-order chi connectivity index (χ0) is 16.5. The van der Waals surface area contributed by atoms with Crippen LogP contribution in [0.1, 0.15) is 36.5 Å². The summed E-state index contributed by atoms with van der Waals surface area (Å²) in [7, 11) is 3.09. The molecule has 0 saturated carbocycles. The Kier molecular flexibility index (Phi) is 7.22. The summed E-state index contributed by atoms with van der Waals surface area (Å²) in [6, 6.07) is 4.97. The average molecular weight is 309 g/mol. The first-order chi connectivity index (χ1) is 10.5. The van der Waals surface area contributed by atoms with E-state index >= 15 is 0 Å². The molecule has 0 radical (unpaired) electrons. The van der Waals surface area contributed by atoms with Gasteiger partial charge in [0.25, 0.3) is 5.91 Å². The lowest BCUT2D eigenvalue weighted by molar-refractivity contribution is -0.137. The summed E-state index contributed by atoms with van der Waals surface area (Å²) in [5.74, 6) is -0.0918. The topological polar surface area (TPSA) is 76.1 Å². The quantitative estimate of drug-likeness (QED) is 0.709. The zero-order valence-electron chi connectivity index (χ0n) is 13.3. The Morgan fingerprint density at radius 2 is 2.00 bits per heavy atom. The molecule has 0 aromatic heterocycles. The lowest BCUT2D eigenvalue weighted by atomic mass is 10.1. The number of aliphatic carboxylic acids is 1. The third-order valence-electron chi connectivity index (χ3n) is 3.17. The molecule has 0 atom stereocenters. The van der Waals surface area contributed by atoms with Crippen molar-refractivity contribution in [2.24, 2.45) is 0 Å². The molecule has 0 unspecified atom stereocenters. The Balaban J connectivity index is 2.78. The molecule has 1 amide bonds. The van der Waals surface area contributed by atoms with Gasteiger partial charge in [-0.15, -0.1) is 0 Å². The second-order valence-electron chi connectivity index (χ2n) is 4.94. The highest BCUT2D eigenvalue weighted by atomic mass is 16.5. The van der Waals surface area contributed by atoms with Gasteiger partial charge in [-0.25, -0.2) is 0 Å². The van der Waals surface area contributed by atoms with Crippen LogP contribution < -0.4 is 9.47 Å². The number of carboxylic acids is 1. The molecule has 0 fully saturated rings. The Morgan fingerprint density at radius 3 is 2.59 bits per heavy atom. The summed E-state index contributed by atoms with van der Waals surface area (Å²) in [4.78, 5) is 24.2. The van der Waals surface area contributed by atoms with Crippen molar-refractivity contribution in [3.63, 3.8) is 0 Å². The maximum absolute atomic E-state index is 12.2. The largest absolute Gasteiger partial charge is 0.493 e. The van der Waals surface area contributed by atoms with Crippen molar-refractivity contribution < 1.29 is 24.2 Å². The molecule has 0 aliphatic heterocycles. The monoisotopic (exact) mass is 309 g/mol. The predicted octanol–water partition coefficient (Wildman–Crippen LogP) is 2.42. The maximum atomic E-state index is 12.2. The van der Waals surface area contributed by atoms with Crippen molar-refractivity contribution in [3.05, 3.63) is 23.8 Å². The highest BCUT2D eigenvalue weighted by Gasteiger charge is 2.15. The number of methoxy groups -OCH3 is 1. The van der Waals surface area contributed by atoms with E-state index in [4.69, 9.17) is 14.6 Å². The van der Waals surface area contributed by atoms with E-state index in [0.29, 0.717) is 23.7 Å². The van der Waals surface area contributed by atoms with Crippen molar-refractivity contribution >= 4 is 11.9 Å². The summed E-state index contributed by atoms with van der Waals surface area (Å²) in [6.07, 6.45) is 1.90. The molecule has 1 N–H and O–H groups in total. The molecule has 6 nitrogen and oxygen atoms in total. The maximum Gasteiger partial charge on any atom is 0.305 e. The van der Waals surface area contributed by atoms with Gasteiger partial charge in [0, 0.05) is 19.2 Å². The smallest absolute Gasteiger partial charge is 0.305 e. The van der Waals surface area contributed by atoms with Crippen LogP contribution in [0.25, 0.3) is 0 Å². The van der Waals surface area contributed by atoms with Crippen LogP contribution in [0.5, 0.6) is 11.5 Å². The number of nitrogens with zero attached hydrogens (tertiary/aromatic N) is 1. The van der Waals surface area contributed by atoms with Crippen LogP contribution in [0.2, 0.25) is 0 Å². The molecule has 0 heterocycles. The summed E-state index contributed by atoms with van der Waals surface area (Å²) < 4.78 is 10.9. The van der Waals surface area contributed by atoms with Gasteiger partial charge < -0.3 is 19.5 Å². The normalized spacial score (nSPS) is 10.1. The fraction of sp³-hybridized carbons (Fsp3) is 0.500. The van der Waals surface area contributed by atoms with Crippen molar-refractivity contribution in [2.45, 2.75) is 26.2 Å². The van der Waals surface area contributed by atoms with E-state index in [1.807, 2.05) is 0 Å². The SMILES string of the molecule is CCCCOc1ccc(C(=O)N(C)CCC(=O)O)cc1OC. The molecule has 0 aliphatic carbocycles. The lowest BCUT2D eigenvalue weighted by Crippen LogP contribution is -2.29. The van der Waals surface area contributed by atoms with Crippen LogP contribution in [-0.2, 0) is 4.79 Å². The lowest BCUT2D eigenvalue weighted by Gasteiger charge is -2.17. The fourth-order valence-corrected chi connectivity index (χ4v) is 1.83. The molecule has 1 aromatic carbocycles. The number of amides is 1. The standard InChI is InChI=1S/C16H23NO5/c1-4-5-10-22-13-7-6-12(11-14(13)21-3)16(20)17(2)9-8-15(18)19/h6-7,11H,4-5,8-10H2,1-3H3,(H,18,19). The highest BCUT2D eigenvalue weighted by molar-refractivity contribution is 5.94. The number of hydrogen-bond donors (Lipinski definition) is 1. The number of carbonyl (C=O) groups excluding carboxylic acids is 1. The third kappa shape index (κ3) is 5.27. The molecule has 22 heavy (non-hydrogen) atoms. The number of benzene rings is 1. The molecule has 122 valence electrons. The number of rotatable bonds is 9. The van der Waals surface area contributed by atoms with Crippen molar-refractivity contribution in [1.29, 1.82) is 0 Å². The number of carbonyl (C=O) groups is 2. The van der Waals surface area contributed by atoms with Gasteiger partial charge in [0.05, 0.1) is 20.1 Å². The first-order valence-corrected chi connectivity index (χ1v) is 7.27. The number of unbranched alkanes of at least 4 members (excludes halogenated alkanes) is 1. The molecule has 6 heteroatoms. The minimum absolute atomic E-state index is 0.0857. The van der Waals surface area contributed by atoms with E-state index in [1.165, 1.54) is 12.0 Å². The van der Waals surface area contributed by atoms with Gasteiger partial charge in [0.2, 0.25) is 0 Å². The first-order valence-electron chi connectivity index (χ1n) is 7.27. The number of carboxylic acid groups (broad SMARTS) is 1. The molecule has 0 aliphatic rings. The molecule has 0 saturated heterocycles. The molecular weight excluding hydrogens is 286 g/mol. The van der Waals surface area contributed by atoms with Crippen LogP contribution in [-0.4, -0.2) is 49.2 Å². The van der Waals surface area contributed by atoms with Gasteiger partial charge in [-0.2, -0.15) is 0 Å². The summed E-state index contributed by atoms with van der Waals surface area (Å²) in [6.45, 7) is 2.83. The van der Waals surface area contributed by atoms with E-state index in [9.17, 15) is 9.59 Å². The van der Waals surface area contributed by atoms with E-state index in [0.717, 1.165) is 12.8 Å². The Bertz CT molecular complexity index is 515. The van der Waals surface area contributed by atoms with Crippen LogP contribution in [0.4, 0.5) is 0 Å². The van der Waals surface area contributed by atoms with Gasteiger partial charge in [0.15, 0.2) is 11.5 Å². The minimum Gasteiger partial charge on any atom is -0.493 e. The van der Waals surface area contributed by atoms with Gasteiger partial charge in [-0.05, 0) is 24.6 Å². The van der Waals surface area contributed by atoms with Crippen LogP contribution in [0, 0.1) is 0 Å². The van der Waals surface area contributed by atoms with Gasteiger partial charge in [-0.1, -0.05) is 13.3 Å². The van der Waals surface area contributed by atoms with Crippen molar-refractivity contribution in [1.82, 2.24) is 4.90 Å². The second-order valence-corrected chi connectivity index (χ2v) is 4.94. The Hall–Kier alpha value is -2.24. The summed E-state index contributed by atoms with van der Waals surface area (Å²) in [5.41, 5.74) is 0.438. The van der Waals surface area contributed by atoms with Gasteiger partial charge >= 0.3 is 5.97 Å². The minimum atomic E-state index is -0.933. The van der Waals surface area contributed by atoms with Crippen LogP contribution >= 0.6 is 0 Å². The van der Waals surface area contributed by atoms with Crippen LogP contribution in [0.15, 0.2) is 18.2 Å². The third-order valence-corrected chi connectivity index (χ3v) is 3.17. The van der Waals surface area contributed by atoms with E-state index in [2.05, 4.69) is 6.92 Å². The van der Waals surface area contributed by atoms with Crippen LogP contribution in [0.3, 0.4) is 0 Å². The summed E-state index contributed by atoms with van der Waals surface area (Å²) >= 11 is 0. The number of hydrogen-bond acceptors (Lipinski definition) is 4. The predicted molar refractivity (Wildman–Crippen MR) is 82.6 cm³/mol. The number of ether oxygens (including phenoxy) is 2. The zero-order valence-corrected chi connectivity index (χ0v) is 13.3. The van der Waals surface area contributed by atoms with Crippen molar-refractivity contribution in [2.75, 3.05) is 27.3 Å². The molecule has 0 bridgehead atoms. The first kappa shape index (κ1) is 17.8. The van der Waals surface area contributed by atoms with Gasteiger partial charge in [0.1, 0.15) is 0 Å². The molecule has 0 spiro atoms. The summed E-state index contributed by atoms with van der Waals surface area (Å²) in [5, 5.41) is 8.66. The Labute approximate surface area is 130 Å². The second kappa shape index (κ2) is 8.92. The van der Waals surface area contributed by atoms with E-state index in [-0.39, 0.29) is 18.9 Å². The fourth-order valence-electron chi connectivity index (χ4n) is 1.83. The molecule has 1 aromatic rings. The highest BCUT2D eigenvalue weighted by Crippen LogP contribution is 2.28. The average Bonchev–Trinajstić information content (AvgIpc) is 2.52. The van der Waals surface area contributed by atoms with Gasteiger partial charge in [-0.3, -0.25) is 9.59 Å².